The van der Waals surface area contributed by atoms with Crippen LogP contribution in [0.2, 0.25) is 0 Å². The van der Waals surface area contributed by atoms with Crippen molar-refractivity contribution in [2.75, 3.05) is 59.6 Å². The number of nitrogens with one attached hydrogen (secondary N) is 1. The number of piperidine rings is 1. The van der Waals surface area contributed by atoms with Gasteiger partial charge in [0, 0.05) is 45.2 Å². The minimum absolute atomic E-state index is 0.271. The number of hydrogen-bond acceptors (Lipinski definition) is 5. The van der Waals surface area contributed by atoms with E-state index in [9.17, 15) is 4.79 Å². The van der Waals surface area contributed by atoms with Crippen LogP contribution in [-0.2, 0) is 16.0 Å². The summed E-state index contributed by atoms with van der Waals surface area (Å²) in [6.45, 7) is 7.27. The molecule has 1 unspecified atom stereocenters. The largest absolute Gasteiger partial charge is 0.497 e. The van der Waals surface area contributed by atoms with Crippen LogP contribution in [0.4, 0.5) is 0 Å². The Morgan fingerprint density at radius 3 is 2.74 bits per heavy atom. The summed E-state index contributed by atoms with van der Waals surface area (Å²) in [5, 5.41) is 3.45. The van der Waals surface area contributed by atoms with E-state index in [1.165, 1.54) is 5.56 Å². The molecule has 1 amide bonds. The maximum absolute atomic E-state index is 13.0. The summed E-state index contributed by atoms with van der Waals surface area (Å²) in [7, 11) is 1.67. The second kappa shape index (κ2) is 10.6. The van der Waals surface area contributed by atoms with Gasteiger partial charge in [0.2, 0.25) is 5.91 Å². The smallest absolute Gasteiger partial charge is 0.223 e. The standard InChI is InChI=1S/C21H33N3O3/c1-26-20-7-4-18(5-8-20)6-9-21(25)24(19-3-2-10-22-17-19)12-11-23-13-15-27-16-14-23/h4-5,7-8,19,22H,2-3,6,9-17H2,1H3. The molecule has 6 heteroatoms. The first-order chi connectivity index (χ1) is 13.3. The second-order valence-electron chi connectivity index (χ2n) is 7.39. The molecule has 150 valence electrons. The molecule has 1 atom stereocenters. The van der Waals surface area contributed by atoms with Gasteiger partial charge in [0.1, 0.15) is 5.75 Å². The Balaban J connectivity index is 1.55. The highest BCUT2D eigenvalue weighted by Gasteiger charge is 2.25. The molecule has 1 N–H and O–H groups in total. The lowest BCUT2D eigenvalue weighted by Crippen LogP contribution is -2.51. The normalized spacial score (nSPS) is 21.0. The number of rotatable bonds is 8. The minimum atomic E-state index is 0.271. The first-order valence-corrected chi connectivity index (χ1v) is 10.2. The Hall–Kier alpha value is -1.63. The van der Waals surface area contributed by atoms with Crippen LogP contribution in [-0.4, -0.2) is 81.3 Å². The molecule has 2 saturated heterocycles. The third-order valence-electron chi connectivity index (χ3n) is 5.58. The van der Waals surface area contributed by atoms with Crippen molar-refractivity contribution in [2.45, 2.75) is 31.7 Å². The summed E-state index contributed by atoms with van der Waals surface area (Å²) in [6.07, 6.45) is 3.58. The molecule has 2 fully saturated rings. The van der Waals surface area contributed by atoms with Crippen molar-refractivity contribution in [2.24, 2.45) is 0 Å². The molecule has 0 aromatic heterocycles. The lowest BCUT2D eigenvalue weighted by atomic mass is 10.0. The van der Waals surface area contributed by atoms with Crippen LogP contribution in [0, 0.1) is 0 Å². The van der Waals surface area contributed by atoms with Crippen molar-refractivity contribution in [3.63, 3.8) is 0 Å². The summed E-state index contributed by atoms with van der Waals surface area (Å²) in [6, 6.07) is 8.34. The Morgan fingerprint density at radius 2 is 2.07 bits per heavy atom. The molecule has 0 spiro atoms. The van der Waals surface area contributed by atoms with Crippen LogP contribution < -0.4 is 10.1 Å². The SMILES string of the molecule is COc1ccc(CCC(=O)N(CCN2CCOCC2)C2CCCNC2)cc1. The molecule has 1 aromatic carbocycles. The first kappa shape index (κ1) is 20.1. The monoisotopic (exact) mass is 375 g/mol. The highest BCUT2D eigenvalue weighted by atomic mass is 16.5. The highest BCUT2D eigenvalue weighted by molar-refractivity contribution is 5.77. The van der Waals surface area contributed by atoms with Crippen LogP contribution in [0.5, 0.6) is 5.75 Å². The van der Waals surface area contributed by atoms with Gasteiger partial charge in [0.25, 0.3) is 0 Å². The number of carbonyl (C=O) groups is 1. The number of carbonyl (C=O) groups excluding carboxylic acids is 1. The zero-order chi connectivity index (χ0) is 18.9. The second-order valence-corrected chi connectivity index (χ2v) is 7.39. The lowest BCUT2D eigenvalue weighted by molar-refractivity contribution is -0.134. The van der Waals surface area contributed by atoms with Gasteiger partial charge in [0.15, 0.2) is 0 Å². The van der Waals surface area contributed by atoms with Crippen molar-refractivity contribution in [3.8, 4) is 5.75 Å². The highest BCUT2D eigenvalue weighted by Crippen LogP contribution is 2.16. The van der Waals surface area contributed by atoms with E-state index in [0.717, 1.165) is 77.5 Å². The Labute approximate surface area is 162 Å². The molecule has 0 saturated carbocycles. The third-order valence-corrected chi connectivity index (χ3v) is 5.58. The number of amides is 1. The fraction of sp³-hybridized carbons (Fsp3) is 0.667. The maximum Gasteiger partial charge on any atom is 0.223 e. The number of ether oxygens (including phenoxy) is 2. The van der Waals surface area contributed by atoms with E-state index in [1.807, 2.05) is 24.3 Å². The molecule has 1 aromatic rings. The number of morpholine rings is 1. The van der Waals surface area contributed by atoms with E-state index in [-0.39, 0.29) is 5.91 Å². The van der Waals surface area contributed by atoms with E-state index in [1.54, 1.807) is 7.11 Å². The van der Waals surface area contributed by atoms with Crippen LogP contribution >= 0.6 is 0 Å². The van der Waals surface area contributed by atoms with Gasteiger partial charge in [-0.15, -0.1) is 0 Å². The van der Waals surface area contributed by atoms with Gasteiger partial charge in [-0.25, -0.2) is 0 Å². The van der Waals surface area contributed by atoms with E-state index < -0.39 is 0 Å². The molecule has 2 heterocycles. The first-order valence-electron chi connectivity index (χ1n) is 10.2. The quantitative estimate of drug-likeness (QED) is 0.747. The predicted molar refractivity (Wildman–Crippen MR) is 106 cm³/mol. The average molecular weight is 376 g/mol. The average Bonchev–Trinajstić information content (AvgIpc) is 2.74. The van der Waals surface area contributed by atoms with Crippen molar-refractivity contribution in [3.05, 3.63) is 29.8 Å². The molecule has 6 nitrogen and oxygen atoms in total. The van der Waals surface area contributed by atoms with E-state index in [2.05, 4.69) is 15.1 Å². The van der Waals surface area contributed by atoms with E-state index in [0.29, 0.717) is 12.5 Å². The number of nitrogens with zero attached hydrogens (tertiary/aromatic N) is 2. The number of hydrogen-bond donors (Lipinski definition) is 1. The van der Waals surface area contributed by atoms with Crippen molar-refractivity contribution < 1.29 is 14.3 Å². The zero-order valence-corrected chi connectivity index (χ0v) is 16.5. The van der Waals surface area contributed by atoms with Crippen molar-refractivity contribution in [1.82, 2.24) is 15.1 Å². The van der Waals surface area contributed by atoms with Gasteiger partial charge in [-0.3, -0.25) is 9.69 Å². The molecule has 0 radical (unpaired) electrons. The lowest BCUT2D eigenvalue weighted by Gasteiger charge is -2.37. The van der Waals surface area contributed by atoms with Crippen molar-refractivity contribution in [1.29, 1.82) is 0 Å². The number of aryl methyl sites for hydroxylation is 1. The summed E-state index contributed by atoms with van der Waals surface area (Å²) < 4.78 is 10.6. The predicted octanol–water partition coefficient (Wildman–Crippen LogP) is 1.54. The van der Waals surface area contributed by atoms with Gasteiger partial charge >= 0.3 is 0 Å². The third kappa shape index (κ3) is 6.19. The Morgan fingerprint density at radius 1 is 1.30 bits per heavy atom. The van der Waals surface area contributed by atoms with Crippen LogP contribution in [0.15, 0.2) is 24.3 Å². The molecule has 27 heavy (non-hydrogen) atoms. The summed E-state index contributed by atoms with van der Waals surface area (Å²) in [5.74, 6) is 1.12. The molecule has 2 aliphatic heterocycles. The van der Waals surface area contributed by atoms with E-state index >= 15 is 0 Å². The fourth-order valence-electron chi connectivity index (χ4n) is 3.87. The van der Waals surface area contributed by atoms with Crippen molar-refractivity contribution >= 4 is 5.91 Å². The topological polar surface area (TPSA) is 54.0 Å². The van der Waals surface area contributed by atoms with Crippen LogP contribution in [0.3, 0.4) is 0 Å². The van der Waals surface area contributed by atoms with Crippen LogP contribution in [0.1, 0.15) is 24.8 Å². The molecular weight excluding hydrogens is 342 g/mol. The fourth-order valence-corrected chi connectivity index (χ4v) is 3.87. The van der Waals surface area contributed by atoms with Gasteiger partial charge in [-0.2, -0.15) is 0 Å². The Bertz CT molecular complexity index is 567. The minimum Gasteiger partial charge on any atom is -0.497 e. The van der Waals surface area contributed by atoms with Crippen LogP contribution in [0.25, 0.3) is 0 Å². The summed E-state index contributed by atoms with van der Waals surface area (Å²) in [4.78, 5) is 17.6. The number of benzene rings is 1. The molecule has 0 aliphatic carbocycles. The number of methoxy groups -OCH3 is 1. The van der Waals surface area contributed by atoms with Gasteiger partial charge in [-0.05, 0) is 43.5 Å². The van der Waals surface area contributed by atoms with Gasteiger partial charge < -0.3 is 19.7 Å². The van der Waals surface area contributed by atoms with E-state index in [4.69, 9.17) is 9.47 Å². The summed E-state index contributed by atoms with van der Waals surface area (Å²) >= 11 is 0. The summed E-state index contributed by atoms with van der Waals surface area (Å²) in [5.41, 5.74) is 1.18. The molecule has 3 rings (SSSR count). The molecule has 0 bridgehead atoms. The van der Waals surface area contributed by atoms with Gasteiger partial charge in [-0.1, -0.05) is 12.1 Å². The Kier molecular flexibility index (Phi) is 7.93. The molecular formula is C21H33N3O3. The maximum atomic E-state index is 13.0. The molecule has 2 aliphatic rings. The zero-order valence-electron chi connectivity index (χ0n) is 16.5. The van der Waals surface area contributed by atoms with Gasteiger partial charge in [0.05, 0.1) is 20.3 Å².